The molecule has 88 valence electrons. The van der Waals surface area contributed by atoms with Gasteiger partial charge in [-0.1, -0.05) is 0 Å². The highest BCUT2D eigenvalue weighted by Crippen LogP contribution is 2.35. The molecule has 1 heterocycles. The fourth-order valence-corrected chi connectivity index (χ4v) is 2.18. The van der Waals surface area contributed by atoms with E-state index in [1.165, 1.54) is 0 Å². The molecule has 1 aliphatic carbocycles. The van der Waals surface area contributed by atoms with Crippen LogP contribution in [-0.4, -0.2) is 21.3 Å². The lowest BCUT2D eigenvalue weighted by atomic mass is 9.82. The van der Waals surface area contributed by atoms with E-state index >= 15 is 0 Å². The molecule has 1 N–H and O–H groups in total. The summed E-state index contributed by atoms with van der Waals surface area (Å²) in [6, 6.07) is 0. The quantitative estimate of drug-likeness (QED) is 0.825. The summed E-state index contributed by atoms with van der Waals surface area (Å²) in [5.74, 6) is 0.519. The number of carboxylic acid groups (broad SMARTS) is 1. The topological polar surface area (TPSA) is 76.2 Å². The van der Waals surface area contributed by atoms with Crippen molar-refractivity contribution < 1.29 is 14.3 Å². The van der Waals surface area contributed by atoms with Crippen LogP contribution in [0.3, 0.4) is 0 Å². The van der Waals surface area contributed by atoms with E-state index < -0.39 is 5.97 Å². The van der Waals surface area contributed by atoms with Crippen LogP contribution in [0.2, 0.25) is 0 Å². The molecule has 1 aliphatic rings. The molecule has 1 saturated carbocycles. The Balaban J connectivity index is 1.96. The number of halogens is 1. The van der Waals surface area contributed by atoms with E-state index in [1.807, 2.05) is 0 Å². The van der Waals surface area contributed by atoms with E-state index in [0.29, 0.717) is 24.6 Å². The van der Waals surface area contributed by atoms with Gasteiger partial charge < -0.3 is 9.52 Å². The molecular weight excluding hydrogens is 232 g/mol. The smallest absolute Gasteiger partial charge is 0.306 e. The predicted octanol–water partition coefficient (Wildman–Crippen LogP) is 2.17. The fourth-order valence-electron chi connectivity index (χ4n) is 2.07. The van der Waals surface area contributed by atoms with Crippen molar-refractivity contribution in [2.45, 2.75) is 37.5 Å². The molecule has 0 radical (unpaired) electrons. The van der Waals surface area contributed by atoms with Gasteiger partial charge in [0.05, 0.1) is 5.92 Å². The highest BCUT2D eigenvalue weighted by Gasteiger charge is 2.29. The molecule has 0 aliphatic heterocycles. The summed E-state index contributed by atoms with van der Waals surface area (Å²) < 4.78 is 5.37. The Hall–Kier alpha value is -1.10. The number of carboxylic acids is 1. The summed E-state index contributed by atoms with van der Waals surface area (Å²) in [6.45, 7) is 0. The summed E-state index contributed by atoms with van der Waals surface area (Å²) in [5.41, 5.74) is 0. The normalized spacial score (nSPS) is 25.6. The Morgan fingerprint density at radius 3 is 2.56 bits per heavy atom. The Labute approximate surface area is 97.8 Å². The van der Waals surface area contributed by atoms with Gasteiger partial charge in [0.1, 0.15) is 5.88 Å². The maximum atomic E-state index is 10.8. The molecule has 0 saturated heterocycles. The molecule has 1 fully saturated rings. The molecule has 0 unspecified atom stereocenters. The molecule has 6 heteroatoms. The van der Waals surface area contributed by atoms with Crippen LogP contribution in [0.1, 0.15) is 43.4 Å². The average molecular weight is 245 g/mol. The first kappa shape index (κ1) is 11.4. The number of aromatic nitrogens is 2. The third-order valence-electron chi connectivity index (χ3n) is 3.02. The van der Waals surface area contributed by atoms with Crippen molar-refractivity contribution in [3.63, 3.8) is 0 Å². The summed E-state index contributed by atoms with van der Waals surface area (Å²) in [4.78, 5) is 10.8. The zero-order valence-corrected chi connectivity index (χ0v) is 9.48. The van der Waals surface area contributed by atoms with Gasteiger partial charge in [-0.15, -0.1) is 21.8 Å². The number of hydrogen-bond donors (Lipinski definition) is 1. The molecule has 1 aromatic rings. The maximum absolute atomic E-state index is 10.8. The Bertz CT molecular complexity index is 372. The molecule has 0 atom stereocenters. The van der Waals surface area contributed by atoms with E-state index in [4.69, 9.17) is 21.1 Å². The molecule has 5 nitrogen and oxygen atoms in total. The minimum atomic E-state index is -0.703. The number of aliphatic carboxylic acids is 1. The van der Waals surface area contributed by atoms with Crippen LogP contribution in [0.5, 0.6) is 0 Å². The molecular formula is C10H13ClN2O3. The number of alkyl halides is 1. The average Bonchev–Trinajstić information content (AvgIpc) is 2.77. The standard InChI is InChI=1S/C10H13ClN2O3/c11-5-8-12-13-9(16-8)6-1-3-7(4-2-6)10(14)15/h6-7H,1-5H2,(H,14,15)/t6-,7-. The van der Waals surface area contributed by atoms with Crippen LogP contribution in [-0.2, 0) is 10.7 Å². The highest BCUT2D eigenvalue weighted by molar-refractivity contribution is 6.16. The van der Waals surface area contributed by atoms with Gasteiger partial charge >= 0.3 is 5.97 Å². The van der Waals surface area contributed by atoms with Crippen LogP contribution in [0, 0.1) is 5.92 Å². The van der Waals surface area contributed by atoms with Gasteiger partial charge in [0.15, 0.2) is 0 Å². The van der Waals surface area contributed by atoms with Crippen LogP contribution < -0.4 is 0 Å². The second-order valence-electron chi connectivity index (χ2n) is 4.05. The Kier molecular flexibility index (Phi) is 3.43. The minimum Gasteiger partial charge on any atom is -0.481 e. The van der Waals surface area contributed by atoms with Crippen molar-refractivity contribution in [1.82, 2.24) is 10.2 Å². The van der Waals surface area contributed by atoms with E-state index in [0.717, 1.165) is 12.8 Å². The molecule has 0 bridgehead atoms. The first-order valence-electron chi connectivity index (χ1n) is 5.31. The Morgan fingerprint density at radius 2 is 2.06 bits per heavy atom. The molecule has 0 aromatic carbocycles. The predicted molar refractivity (Wildman–Crippen MR) is 56.2 cm³/mol. The molecule has 0 spiro atoms. The van der Waals surface area contributed by atoms with E-state index in [-0.39, 0.29) is 17.7 Å². The molecule has 1 aromatic heterocycles. The minimum absolute atomic E-state index is 0.195. The molecule has 0 amide bonds. The van der Waals surface area contributed by atoms with E-state index in [2.05, 4.69) is 10.2 Å². The van der Waals surface area contributed by atoms with Crippen molar-refractivity contribution >= 4 is 17.6 Å². The third-order valence-corrected chi connectivity index (χ3v) is 3.25. The SMILES string of the molecule is O=C(O)[C@H]1CC[C@H](c2nnc(CCl)o2)CC1. The number of carbonyl (C=O) groups is 1. The lowest BCUT2D eigenvalue weighted by Gasteiger charge is -2.23. The van der Waals surface area contributed by atoms with Crippen LogP contribution in [0.15, 0.2) is 4.42 Å². The summed E-state index contributed by atoms with van der Waals surface area (Å²) >= 11 is 5.57. The highest BCUT2D eigenvalue weighted by atomic mass is 35.5. The zero-order valence-electron chi connectivity index (χ0n) is 8.73. The van der Waals surface area contributed by atoms with Gasteiger partial charge in [0.25, 0.3) is 0 Å². The lowest BCUT2D eigenvalue weighted by Crippen LogP contribution is -2.20. The second-order valence-corrected chi connectivity index (χ2v) is 4.32. The Morgan fingerprint density at radius 1 is 1.38 bits per heavy atom. The number of hydrogen-bond acceptors (Lipinski definition) is 4. The van der Waals surface area contributed by atoms with E-state index in [1.54, 1.807) is 0 Å². The summed E-state index contributed by atoms with van der Waals surface area (Å²) in [6.07, 6.45) is 2.94. The largest absolute Gasteiger partial charge is 0.481 e. The van der Waals surface area contributed by atoms with Gasteiger partial charge in [-0.05, 0) is 25.7 Å². The first-order valence-corrected chi connectivity index (χ1v) is 5.85. The number of rotatable bonds is 3. The summed E-state index contributed by atoms with van der Waals surface area (Å²) in [5, 5.41) is 16.6. The number of nitrogens with zero attached hydrogens (tertiary/aromatic N) is 2. The van der Waals surface area contributed by atoms with Crippen molar-refractivity contribution in [2.24, 2.45) is 5.92 Å². The van der Waals surface area contributed by atoms with Gasteiger partial charge in [-0.25, -0.2) is 0 Å². The monoisotopic (exact) mass is 244 g/mol. The van der Waals surface area contributed by atoms with Crippen LogP contribution >= 0.6 is 11.6 Å². The maximum Gasteiger partial charge on any atom is 0.306 e. The first-order chi connectivity index (χ1) is 7.70. The summed E-state index contributed by atoms with van der Waals surface area (Å²) in [7, 11) is 0. The van der Waals surface area contributed by atoms with E-state index in [9.17, 15) is 4.79 Å². The van der Waals surface area contributed by atoms with Gasteiger partial charge in [-0.2, -0.15) is 0 Å². The lowest BCUT2D eigenvalue weighted by molar-refractivity contribution is -0.142. The zero-order chi connectivity index (χ0) is 11.5. The van der Waals surface area contributed by atoms with Crippen molar-refractivity contribution in [1.29, 1.82) is 0 Å². The third kappa shape index (κ3) is 2.35. The van der Waals surface area contributed by atoms with Crippen molar-refractivity contribution in [3.8, 4) is 0 Å². The molecule has 16 heavy (non-hydrogen) atoms. The second kappa shape index (κ2) is 4.82. The van der Waals surface area contributed by atoms with Gasteiger partial charge in [-0.3, -0.25) is 4.79 Å². The van der Waals surface area contributed by atoms with Crippen LogP contribution in [0.25, 0.3) is 0 Å². The fraction of sp³-hybridized carbons (Fsp3) is 0.700. The van der Waals surface area contributed by atoms with Gasteiger partial charge in [0.2, 0.25) is 11.8 Å². The van der Waals surface area contributed by atoms with Gasteiger partial charge in [0, 0.05) is 5.92 Å². The van der Waals surface area contributed by atoms with Crippen molar-refractivity contribution in [3.05, 3.63) is 11.8 Å². The van der Waals surface area contributed by atoms with Crippen LogP contribution in [0.4, 0.5) is 0 Å². The molecule has 2 rings (SSSR count). The van der Waals surface area contributed by atoms with Crippen molar-refractivity contribution in [2.75, 3.05) is 0 Å².